The number of hydroxylamine groups is 2. The number of ether oxygens (including phenoxy) is 2. The molecule has 174 valence electrons. The highest BCUT2D eigenvalue weighted by Gasteiger charge is 2.83. The summed E-state index contributed by atoms with van der Waals surface area (Å²) >= 11 is 0. The highest BCUT2D eigenvalue weighted by molar-refractivity contribution is 5.92. The standard InChI is InChI=1S/C25H33NO6/c1-22-8-5-15(27)11-14(22)12-16(21(29)26(3)30-4)20-17-6-9-24(10-7-19(28)32-24)23(17,2)13-18-25(20,22)31-18/h11,16-18,20H,5-10,12-13H2,1-4H3/t16-,17?,18+,20?,22+,23+,24-,25-/m1/s1. The van der Waals surface area contributed by atoms with Crippen LogP contribution in [-0.2, 0) is 28.7 Å². The summed E-state index contributed by atoms with van der Waals surface area (Å²) in [4.78, 5) is 43.5. The number of rotatable bonds is 2. The molecule has 0 aromatic carbocycles. The number of epoxide rings is 1. The highest BCUT2D eigenvalue weighted by Crippen LogP contribution is 2.78. The Morgan fingerprint density at radius 2 is 1.97 bits per heavy atom. The predicted octanol–water partition coefficient (Wildman–Crippen LogP) is 2.97. The third kappa shape index (κ3) is 2.22. The van der Waals surface area contributed by atoms with Crippen molar-refractivity contribution in [3.63, 3.8) is 0 Å². The van der Waals surface area contributed by atoms with Crippen molar-refractivity contribution < 1.29 is 28.7 Å². The van der Waals surface area contributed by atoms with Crippen LogP contribution in [0.5, 0.6) is 0 Å². The summed E-state index contributed by atoms with van der Waals surface area (Å²) in [5, 5.41) is 1.33. The third-order valence-corrected chi connectivity index (χ3v) is 10.6. The zero-order chi connectivity index (χ0) is 22.7. The minimum atomic E-state index is -0.437. The van der Waals surface area contributed by atoms with Gasteiger partial charge in [-0.25, -0.2) is 5.06 Å². The highest BCUT2D eigenvalue weighted by atomic mass is 16.7. The van der Waals surface area contributed by atoms with E-state index in [2.05, 4.69) is 13.8 Å². The Hall–Kier alpha value is -1.73. The first-order valence-electron chi connectivity index (χ1n) is 12.1. The SMILES string of the molecule is CON(C)C(=O)[C@@H]1CC2=CC(=O)CC[C@]2(C)[C@@]23O[C@H]2C[C@@]2(C)C(CC[C@@]24CCC(=O)O4)C13. The van der Waals surface area contributed by atoms with Gasteiger partial charge in [-0.1, -0.05) is 19.4 Å². The van der Waals surface area contributed by atoms with Crippen molar-refractivity contribution in [1.82, 2.24) is 5.06 Å². The van der Waals surface area contributed by atoms with Crippen molar-refractivity contribution in [2.75, 3.05) is 14.2 Å². The molecule has 2 saturated heterocycles. The average molecular weight is 444 g/mol. The summed E-state index contributed by atoms with van der Waals surface area (Å²) in [5.41, 5.74) is -0.236. The Kier molecular flexibility index (Phi) is 4.06. The quantitative estimate of drug-likeness (QED) is 0.371. The van der Waals surface area contributed by atoms with Crippen LogP contribution in [0, 0.1) is 28.6 Å². The number of carbonyl (C=O) groups is 3. The predicted molar refractivity (Wildman–Crippen MR) is 113 cm³/mol. The molecule has 1 amide bonds. The fourth-order valence-corrected chi connectivity index (χ4v) is 8.87. The Morgan fingerprint density at radius 3 is 2.66 bits per heavy atom. The number of hydrogen-bond acceptors (Lipinski definition) is 6. The molecule has 2 unspecified atom stereocenters. The molecule has 0 radical (unpaired) electrons. The van der Waals surface area contributed by atoms with Gasteiger partial charge in [-0.3, -0.25) is 19.2 Å². The van der Waals surface area contributed by atoms with Crippen LogP contribution in [0.2, 0.25) is 0 Å². The molecule has 0 aromatic heterocycles. The van der Waals surface area contributed by atoms with Gasteiger partial charge in [-0.05, 0) is 50.5 Å². The molecule has 2 aliphatic heterocycles. The molecule has 0 bridgehead atoms. The minimum Gasteiger partial charge on any atom is -0.458 e. The van der Waals surface area contributed by atoms with Crippen molar-refractivity contribution in [2.45, 2.75) is 82.5 Å². The first kappa shape index (κ1) is 20.8. The van der Waals surface area contributed by atoms with Gasteiger partial charge in [0.2, 0.25) is 5.91 Å². The normalized spacial score (nSPS) is 50.7. The van der Waals surface area contributed by atoms with E-state index < -0.39 is 11.2 Å². The summed E-state index contributed by atoms with van der Waals surface area (Å²) in [6, 6.07) is 0. The van der Waals surface area contributed by atoms with E-state index in [1.54, 1.807) is 13.1 Å². The number of carbonyl (C=O) groups excluding carboxylic acids is 3. The van der Waals surface area contributed by atoms with E-state index >= 15 is 0 Å². The zero-order valence-corrected chi connectivity index (χ0v) is 19.4. The molecule has 2 heterocycles. The van der Waals surface area contributed by atoms with E-state index in [1.807, 2.05) is 0 Å². The molecule has 7 nitrogen and oxygen atoms in total. The average Bonchev–Trinajstić information content (AvgIpc) is 3.25. The van der Waals surface area contributed by atoms with E-state index in [1.165, 1.54) is 12.2 Å². The molecule has 5 fully saturated rings. The number of nitrogens with zero attached hydrogens (tertiary/aromatic N) is 1. The van der Waals surface area contributed by atoms with Gasteiger partial charge >= 0.3 is 5.97 Å². The van der Waals surface area contributed by atoms with Gasteiger partial charge in [0.1, 0.15) is 11.2 Å². The Balaban J connectivity index is 1.49. The summed E-state index contributed by atoms with van der Waals surface area (Å²) in [5.74, 6) is -0.0755. The second-order valence-corrected chi connectivity index (χ2v) is 11.5. The van der Waals surface area contributed by atoms with E-state index in [4.69, 9.17) is 14.3 Å². The molecule has 3 saturated carbocycles. The lowest BCUT2D eigenvalue weighted by atomic mass is 9.43. The van der Waals surface area contributed by atoms with Gasteiger partial charge in [-0.2, -0.15) is 0 Å². The van der Waals surface area contributed by atoms with E-state index in [0.717, 1.165) is 37.7 Å². The second-order valence-electron chi connectivity index (χ2n) is 11.5. The molecule has 0 N–H and O–H groups in total. The van der Waals surface area contributed by atoms with Crippen LogP contribution in [-0.4, -0.2) is 54.2 Å². The maximum Gasteiger partial charge on any atom is 0.306 e. The molecule has 6 rings (SSSR count). The van der Waals surface area contributed by atoms with E-state index in [0.29, 0.717) is 19.3 Å². The summed E-state index contributed by atoms with van der Waals surface area (Å²) < 4.78 is 12.8. The Labute approximate surface area is 188 Å². The lowest BCUT2D eigenvalue weighted by molar-refractivity contribution is -0.186. The van der Waals surface area contributed by atoms with Crippen molar-refractivity contribution in [1.29, 1.82) is 0 Å². The molecular formula is C25H33NO6. The van der Waals surface area contributed by atoms with Crippen molar-refractivity contribution in [3.05, 3.63) is 11.6 Å². The number of fused-ring (bicyclic) bond motifs is 4. The van der Waals surface area contributed by atoms with Crippen LogP contribution in [0.1, 0.15) is 65.2 Å². The first-order chi connectivity index (χ1) is 15.1. The summed E-state index contributed by atoms with van der Waals surface area (Å²) in [6.45, 7) is 4.52. The van der Waals surface area contributed by atoms with Crippen LogP contribution >= 0.6 is 0 Å². The maximum atomic E-state index is 13.6. The molecule has 6 aliphatic rings. The number of esters is 1. The van der Waals surface area contributed by atoms with Gasteiger partial charge in [0.25, 0.3) is 0 Å². The summed E-state index contributed by atoms with van der Waals surface area (Å²) in [6.07, 6.45) is 7.56. The van der Waals surface area contributed by atoms with Crippen LogP contribution in [0.25, 0.3) is 0 Å². The monoisotopic (exact) mass is 443 g/mol. The smallest absolute Gasteiger partial charge is 0.306 e. The Bertz CT molecular complexity index is 960. The number of hydrogen-bond donors (Lipinski definition) is 0. The summed E-state index contributed by atoms with van der Waals surface area (Å²) in [7, 11) is 3.17. The van der Waals surface area contributed by atoms with E-state index in [9.17, 15) is 14.4 Å². The third-order valence-electron chi connectivity index (χ3n) is 10.6. The molecule has 7 heteroatoms. The van der Waals surface area contributed by atoms with Gasteiger partial charge in [-0.15, -0.1) is 0 Å². The topological polar surface area (TPSA) is 85.4 Å². The molecule has 2 spiro atoms. The van der Waals surface area contributed by atoms with E-state index in [-0.39, 0.29) is 52.3 Å². The number of ketones is 1. The van der Waals surface area contributed by atoms with Crippen LogP contribution in [0.3, 0.4) is 0 Å². The van der Waals surface area contributed by atoms with Gasteiger partial charge in [0, 0.05) is 36.6 Å². The first-order valence-corrected chi connectivity index (χ1v) is 12.1. The van der Waals surface area contributed by atoms with Crippen molar-refractivity contribution >= 4 is 17.7 Å². The lowest BCUT2D eigenvalue weighted by Crippen LogP contribution is -2.64. The molecular weight excluding hydrogens is 410 g/mol. The Morgan fingerprint density at radius 1 is 1.19 bits per heavy atom. The zero-order valence-electron chi connectivity index (χ0n) is 19.4. The molecule has 32 heavy (non-hydrogen) atoms. The maximum absolute atomic E-state index is 13.6. The largest absolute Gasteiger partial charge is 0.458 e. The molecule has 8 atom stereocenters. The van der Waals surface area contributed by atoms with Crippen LogP contribution in [0.4, 0.5) is 0 Å². The van der Waals surface area contributed by atoms with Gasteiger partial charge < -0.3 is 9.47 Å². The van der Waals surface area contributed by atoms with Gasteiger partial charge in [0.15, 0.2) is 5.78 Å². The number of amides is 1. The van der Waals surface area contributed by atoms with Crippen LogP contribution in [0.15, 0.2) is 11.6 Å². The molecule has 0 aromatic rings. The molecule has 4 aliphatic carbocycles. The minimum absolute atomic E-state index is 0.0189. The van der Waals surface area contributed by atoms with Crippen molar-refractivity contribution in [2.24, 2.45) is 28.6 Å². The second kappa shape index (κ2) is 6.23. The fraction of sp³-hybridized carbons (Fsp3) is 0.800. The lowest BCUT2D eigenvalue weighted by Gasteiger charge is -2.58. The van der Waals surface area contributed by atoms with Gasteiger partial charge in [0.05, 0.1) is 19.1 Å². The van der Waals surface area contributed by atoms with Crippen molar-refractivity contribution in [3.8, 4) is 0 Å². The van der Waals surface area contributed by atoms with Crippen LogP contribution < -0.4 is 0 Å². The fourth-order valence-electron chi connectivity index (χ4n) is 8.87.